The lowest BCUT2D eigenvalue weighted by atomic mass is 9.92. The molecular formula is C21H35N3O3. The maximum atomic E-state index is 12.2. The van der Waals surface area contributed by atoms with Crippen molar-refractivity contribution in [1.82, 2.24) is 15.1 Å². The van der Waals surface area contributed by atoms with E-state index in [1.807, 2.05) is 12.1 Å². The van der Waals surface area contributed by atoms with Gasteiger partial charge in [0.05, 0.1) is 6.54 Å². The molecule has 0 aromatic carbocycles. The third-order valence-electron chi connectivity index (χ3n) is 6.18. The number of nitrogens with zero attached hydrogens (tertiary/aromatic N) is 2. The maximum absolute atomic E-state index is 12.2. The minimum Gasteiger partial charge on any atom is -0.462 e. The SMILES string of the molecule is CCN1CCCC1CNC(=O)CCC1CCN(Cc2ccc(CO)o2)CC1. The van der Waals surface area contributed by atoms with E-state index in [0.29, 0.717) is 24.1 Å². The minimum absolute atomic E-state index is 0.0403. The van der Waals surface area contributed by atoms with E-state index in [9.17, 15) is 4.79 Å². The Kier molecular flexibility index (Phi) is 7.73. The molecule has 1 amide bonds. The van der Waals surface area contributed by atoms with Gasteiger partial charge in [0.2, 0.25) is 5.91 Å². The molecule has 1 aromatic rings. The molecule has 6 nitrogen and oxygen atoms in total. The first-order valence-corrected chi connectivity index (χ1v) is 10.6. The predicted octanol–water partition coefficient (Wildman–Crippen LogP) is 2.36. The number of aliphatic hydroxyl groups is 1. The highest BCUT2D eigenvalue weighted by Crippen LogP contribution is 2.23. The Morgan fingerprint density at radius 2 is 2.00 bits per heavy atom. The Labute approximate surface area is 162 Å². The van der Waals surface area contributed by atoms with Crippen molar-refractivity contribution < 1.29 is 14.3 Å². The van der Waals surface area contributed by atoms with Crippen LogP contribution >= 0.6 is 0 Å². The van der Waals surface area contributed by atoms with Crippen molar-refractivity contribution in [1.29, 1.82) is 0 Å². The lowest BCUT2D eigenvalue weighted by Crippen LogP contribution is -2.40. The number of likely N-dealkylation sites (tertiary alicyclic amines) is 2. The Hall–Kier alpha value is -1.37. The van der Waals surface area contributed by atoms with E-state index < -0.39 is 0 Å². The molecule has 0 radical (unpaired) electrons. The normalized spacial score (nSPS) is 22.4. The summed E-state index contributed by atoms with van der Waals surface area (Å²) in [6, 6.07) is 4.33. The van der Waals surface area contributed by atoms with Crippen LogP contribution in [0.5, 0.6) is 0 Å². The van der Waals surface area contributed by atoms with Crippen LogP contribution in [0.2, 0.25) is 0 Å². The van der Waals surface area contributed by atoms with E-state index >= 15 is 0 Å². The number of carbonyl (C=O) groups excluding carboxylic acids is 1. The zero-order valence-corrected chi connectivity index (χ0v) is 16.7. The average molecular weight is 378 g/mol. The summed E-state index contributed by atoms with van der Waals surface area (Å²) in [5.41, 5.74) is 0. The Morgan fingerprint density at radius 3 is 2.70 bits per heavy atom. The Balaban J connectivity index is 1.29. The summed E-state index contributed by atoms with van der Waals surface area (Å²) < 4.78 is 5.58. The maximum Gasteiger partial charge on any atom is 0.220 e. The third kappa shape index (κ3) is 6.06. The van der Waals surface area contributed by atoms with Crippen molar-refractivity contribution >= 4 is 5.91 Å². The summed E-state index contributed by atoms with van der Waals surface area (Å²) in [5, 5.41) is 12.2. The zero-order chi connectivity index (χ0) is 19.1. The van der Waals surface area contributed by atoms with Crippen LogP contribution in [-0.2, 0) is 17.9 Å². The van der Waals surface area contributed by atoms with Crippen LogP contribution in [0.4, 0.5) is 0 Å². The van der Waals surface area contributed by atoms with Crippen LogP contribution in [0, 0.1) is 5.92 Å². The topological polar surface area (TPSA) is 69.0 Å². The Morgan fingerprint density at radius 1 is 1.22 bits per heavy atom. The largest absolute Gasteiger partial charge is 0.462 e. The van der Waals surface area contributed by atoms with Crippen LogP contribution in [0.25, 0.3) is 0 Å². The number of rotatable bonds is 9. The molecule has 27 heavy (non-hydrogen) atoms. The smallest absolute Gasteiger partial charge is 0.220 e. The van der Waals surface area contributed by atoms with Gasteiger partial charge in [-0.2, -0.15) is 0 Å². The van der Waals surface area contributed by atoms with Crippen molar-refractivity contribution in [2.75, 3.05) is 32.7 Å². The zero-order valence-electron chi connectivity index (χ0n) is 16.7. The highest BCUT2D eigenvalue weighted by Gasteiger charge is 2.24. The van der Waals surface area contributed by atoms with Gasteiger partial charge in [-0.15, -0.1) is 0 Å². The van der Waals surface area contributed by atoms with Crippen molar-refractivity contribution in [2.24, 2.45) is 5.92 Å². The molecule has 2 aliphatic rings. The van der Waals surface area contributed by atoms with Crippen LogP contribution in [0.1, 0.15) is 57.0 Å². The molecule has 2 saturated heterocycles. The summed E-state index contributed by atoms with van der Waals surface area (Å²) in [7, 11) is 0. The molecule has 1 unspecified atom stereocenters. The summed E-state index contributed by atoms with van der Waals surface area (Å²) in [6.07, 6.45) is 6.41. The molecular weight excluding hydrogens is 342 g/mol. The van der Waals surface area contributed by atoms with Gasteiger partial charge in [-0.3, -0.25) is 14.6 Å². The molecule has 1 aromatic heterocycles. The van der Waals surface area contributed by atoms with Crippen molar-refractivity contribution in [3.63, 3.8) is 0 Å². The molecule has 6 heteroatoms. The fourth-order valence-electron chi connectivity index (χ4n) is 4.44. The van der Waals surface area contributed by atoms with Gasteiger partial charge >= 0.3 is 0 Å². The fourth-order valence-corrected chi connectivity index (χ4v) is 4.44. The van der Waals surface area contributed by atoms with Gasteiger partial charge in [0.25, 0.3) is 0 Å². The van der Waals surface area contributed by atoms with E-state index in [-0.39, 0.29) is 12.5 Å². The quantitative estimate of drug-likeness (QED) is 0.691. The highest BCUT2D eigenvalue weighted by molar-refractivity contribution is 5.75. The van der Waals surface area contributed by atoms with Gasteiger partial charge in [-0.25, -0.2) is 0 Å². The summed E-state index contributed by atoms with van der Waals surface area (Å²) in [4.78, 5) is 17.1. The molecule has 1 atom stereocenters. The van der Waals surface area contributed by atoms with Crippen LogP contribution in [-0.4, -0.2) is 59.6 Å². The number of furan rings is 1. The van der Waals surface area contributed by atoms with Gasteiger partial charge in [-0.05, 0) is 76.3 Å². The molecule has 152 valence electrons. The summed E-state index contributed by atoms with van der Waals surface area (Å²) in [5.74, 6) is 2.41. The molecule has 2 N–H and O–H groups in total. The minimum atomic E-state index is -0.0403. The Bertz CT molecular complexity index is 581. The van der Waals surface area contributed by atoms with E-state index in [4.69, 9.17) is 9.52 Å². The highest BCUT2D eigenvalue weighted by atomic mass is 16.4. The number of nitrogens with one attached hydrogen (secondary N) is 1. The number of carbonyl (C=O) groups is 1. The van der Waals surface area contributed by atoms with Gasteiger partial charge < -0.3 is 14.8 Å². The average Bonchev–Trinajstić information content (AvgIpc) is 3.34. The summed E-state index contributed by atoms with van der Waals surface area (Å²) >= 11 is 0. The second-order valence-electron chi connectivity index (χ2n) is 8.01. The van der Waals surface area contributed by atoms with Gasteiger partial charge in [0.1, 0.15) is 18.1 Å². The standard InChI is InChI=1S/C21H35N3O3/c1-2-24-11-3-4-18(24)14-22-21(26)8-5-17-9-12-23(13-10-17)15-19-6-7-20(16-25)27-19/h6-7,17-18,25H,2-5,8-16H2,1H3,(H,22,26). The first-order chi connectivity index (χ1) is 13.2. The first-order valence-electron chi connectivity index (χ1n) is 10.6. The molecule has 0 bridgehead atoms. The van der Waals surface area contributed by atoms with Crippen LogP contribution in [0.3, 0.4) is 0 Å². The van der Waals surface area contributed by atoms with Crippen molar-refractivity contribution in [2.45, 2.75) is 64.6 Å². The number of hydrogen-bond acceptors (Lipinski definition) is 5. The molecule has 3 heterocycles. The lowest BCUT2D eigenvalue weighted by molar-refractivity contribution is -0.121. The summed E-state index contributed by atoms with van der Waals surface area (Å²) in [6.45, 7) is 8.13. The van der Waals surface area contributed by atoms with Gasteiger partial charge in [0, 0.05) is 19.0 Å². The number of piperidine rings is 1. The molecule has 2 fully saturated rings. The first kappa shape index (κ1) is 20.4. The molecule has 0 spiro atoms. The van der Waals surface area contributed by atoms with Gasteiger partial charge in [0.15, 0.2) is 0 Å². The van der Waals surface area contributed by atoms with Crippen LogP contribution < -0.4 is 5.32 Å². The van der Waals surface area contributed by atoms with Crippen LogP contribution in [0.15, 0.2) is 16.5 Å². The fraction of sp³-hybridized carbons (Fsp3) is 0.762. The molecule has 0 saturated carbocycles. The van der Waals surface area contributed by atoms with E-state index in [2.05, 4.69) is 22.0 Å². The third-order valence-corrected chi connectivity index (χ3v) is 6.18. The van der Waals surface area contributed by atoms with E-state index in [1.165, 1.54) is 19.4 Å². The predicted molar refractivity (Wildman–Crippen MR) is 105 cm³/mol. The number of amides is 1. The monoisotopic (exact) mass is 377 g/mol. The van der Waals surface area contributed by atoms with Crippen molar-refractivity contribution in [3.05, 3.63) is 23.7 Å². The van der Waals surface area contributed by atoms with Gasteiger partial charge in [-0.1, -0.05) is 6.92 Å². The molecule has 3 rings (SSSR count). The second-order valence-corrected chi connectivity index (χ2v) is 8.01. The van der Waals surface area contributed by atoms with Crippen molar-refractivity contribution in [3.8, 4) is 0 Å². The lowest BCUT2D eigenvalue weighted by Gasteiger charge is -2.31. The molecule has 2 aliphatic heterocycles. The number of hydrogen-bond donors (Lipinski definition) is 2. The van der Waals surface area contributed by atoms with E-state index in [0.717, 1.165) is 57.7 Å². The second kappa shape index (κ2) is 10.2. The number of aliphatic hydroxyl groups excluding tert-OH is 1. The molecule has 0 aliphatic carbocycles. The number of likely N-dealkylation sites (N-methyl/N-ethyl adjacent to an activating group) is 1. The van der Waals surface area contributed by atoms with E-state index in [1.54, 1.807) is 0 Å².